The summed E-state index contributed by atoms with van der Waals surface area (Å²) in [5.74, 6) is -0.0164. The number of rotatable bonds is 5. The summed E-state index contributed by atoms with van der Waals surface area (Å²) < 4.78 is 5.29. The summed E-state index contributed by atoms with van der Waals surface area (Å²) in [5.41, 5.74) is 2.96. The fourth-order valence-electron chi connectivity index (χ4n) is 2.70. The summed E-state index contributed by atoms with van der Waals surface area (Å²) in [4.78, 5) is 12.2. The second kappa shape index (κ2) is 7.78. The number of carbonyl (C=O) groups is 1. The van der Waals surface area contributed by atoms with Gasteiger partial charge in [0, 0.05) is 19.2 Å². The number of ether oxygens (including phenoxy) is 1. The van der Waals surface area contributed by atoms with Gasteiger partial charge in [-0.1, -0.05) is 6.07 Å². The Balaban J connectivity index is 0.00000220. The van der Waals surface area contributed by atoms with Crippen molar-refractivity contribution in [3.05, 3.63) is 34.9 Å². The van der Waals surface area contributed by atoms with Gasteiger partial charge in [-0.05, 0) is 56.5 Å². The maximum atomic E-state index is 12.2. The second-order valence-corrected chi connectivity index (χ2v) is 5.73. The van der Waals surface area contributed by atoms with Crippen LogP contribution in [0.1, 0.15) is 34.3 Å². The lowest BCUT2D eigenvalue weighted by molar-refractivity contribution is 0.0892. The molecule has 0 bridgehead atoms. The first kappa shape index (κ1) is 18.0. The molecule has 0 radical (unpaired) electrons. The summed E-state index contributed by atoms with van der Waals surface area (Å²) in [6.07, 6.45) is 2.16. The molecule has 0 aromatic heterocycles. The molecule has 1 aliphatic rings. The SMILES string of the molecule is COCC1(CNC(=O)c2ccc(C)c(C)c2)CCCN1.Cl. The highest BCUT2D eigenvalue weighted by atomic mass is 35.5. The van der Waals surface area contributed by atoms with Gasteiger partial charge < -0.3 is 15.4 Å². The van der Waals surface area contributed by atoms with Gasteiger partial charge in [0.1, 0.15) is 0 Å². The Labute approximate surface area is 133 Å². The van der Waals surface area contributed by atoms with Gasteiger partial charge in [-0.25, -0.2) is 0 Å². The van der Waals surface area contributed by atoms with Gasteiger partial charge >= 0.3 is 0 Å². The number of hydrogen-bond acceptors (Lipinski definition) is 3. The molecule has 0 saturated carbocycles. The van der Waals surface area contributed by atoms with Crippen molar-refractivity contribution in [3.63, 3.8) is 0 Å². The van der Waals surface area contributed by atoms with Gasteiger partial charge in [0.25, 0.3) is 5.91 Å². The number of aryl methyl sites for hydroxylation is 2. The average molecular weight is 313 g/mol. The van der Waals surface area contributed by atoms with Crippen LogP contribution in [0.4, 0.5) is 0 Å². The molecule has 1 aromatic carbocycles. The molecule has 1 aromatic rings. The van der Waals surface area contributed by atoms with E-state index in [2.05, 4.69) is 10.6 Å². The Morgan fingerprint density at radius 2 is 2.14 bits per heavy atom. The van der Waals surface area contributed by atoms with Crippen LogP contribution in [0.2, 0.25) is 0 Å². The molecular formula is C16H25ClN2O2. The fourth-order valence-corrected chi connectivity index (χ4v) is 2.70. The molecule has 4 nitrogen and oxygen atoms in total. The van der Waals surface area contributed by atoms with Gasteiger partial charge in [-0.15, -0.1) is 12.4 Å². The van der Waals surface area contributed by atoms with Crippen LogP contribution >= 0.6 is 12.4 Å². The van der Waals surface area contributed by atoms with Crippen LogP contribution in [0.15, 0.2) is 18.2 Å². The molecule has 1 saturated heterocycles. The Hall–Kier alpha value is -1.10. The summed E-state index contributed by atoms with van der Waals surface area (Å²) in [5, 5.41) is 6.49. The number of amides is 1. The van der Waals surface area contributed by atoms with E-state index in [4.69, 9.17) is 4.74 Å². The van der Waals surface area contributed by atoms with E-state index in [1.54, 1.807) is 7.11 Å². The van der Waals surface area contributed by atoms with Crippen molar-refractivity contribution in [2.45, 2.75) is 32.2 Å². The Bertz CT molecular complexity index is 485. The lowest BCUT2D eigenvalue weighted by atomic mass is 9.98. The standard InChI is InChI=1S/C16H24N2O2.ClH/c1-12-5-6-14(9-13(12)2)15(19)17-10-16(11-20-3)7-4-8-18-16;/h5-6,9,18H,4,7-8,10-11H2,1-3H3,(H,17,19);1H. The van der Waals surface area contributed by atoms with Gasteiger partial charge in [-0.3, -0.25) is 4.79 Å². The minimum Gasteiger partial charge on any atom is -0.383 e. The molecule has 1 atom stereocenters. The lowest BCUT2D eigenvalue weighted by Gasteiger charge is -2.29. The topological polar surface area (TPSA) is 50.4 Å². The van der Waals surface area contributed by atoms with Gasteiger partial charge in [0.2, 0.25) is 0 Å². The van der Waals surface area contributed by atoms with Crippen LogP contribution in [-0.4, -0.2) is 38.3 Å². The van der Waals surface area contributed by atoms with Crippen molar-refractivity contribution < 1.29 is 9.53 Å². The van der Waals surface area contributed by atoms with Crippen LogP contribution in [0, 0.1) is 13.8 Å². The van der Waals surface area contributed by atoms with Crippen molar-refractivity contribution in [1.29, 1.82) is 0 Å². The first-order chi connectivity index (χ1) is 9.56. The molecule has 1 fully saturated rings. The maximum Gasteiger partial charge on any atom is 0.251 e. The van der Waals surface area contributed by atoms with E-state index in [1.807, 2.05) is 32.0 Å². The monoisotopic (exact) mass is 312 g/mol. The highest BCUT2D eigenvalue weighted by Crippen LogP contribution is 2.19. The number of hydrogen-bond donors (Lipinski definition) is 2. The maximum absolute atomic E-state index is 12.2. The first-order valence-electron chi connectivity index (χ1n) is 7.16. The highest BCUT2D eigenvalue weighted by Gasteiger charge is 2.33. The van der Waals surface area contributed by atoms with E-state index in [1.165, 1.54) is 5.56 Å². The van der Waals surface area contributed by atoms with Crippen LogP contribution < -0.4 is 10.6 Å². The largest absolute Gasteiger partial charge is 0.383 e. The molecule has 2 N–H and O–H groups in total. The molecule has 1 unspecified atom stereocenters. The van der Waals surface area contributed by atoms with E-state index >= 15 is 0 Å². The van der Waals surface area contributed by atoms with Crippen molar-refractivity contribution in [1.82, 2.24) is 10.6 Å². The number of benzene rings is 1. The predicted molar refractivity (Wildman–Crippen MR) is 87.3 cm³/mol. The molecule has 0 aliphatic carbocycles. The van der Waals surface area contributed by atoms with Crippen LogP contribution in [-0.2, 0) is 4.74 Å². The molecule has 2 rings (SSSR count). The van der Waals surface area contributed by atoms with Crippen LogP contribution in [0.5, 0.6) is 0 Å². The average Bonchev–Trinajstić information content (AvgIpc) is 2.89. The quantitative estimate of drug-likeness (QED) is 0.876. The molecular weight excluding hydrogens is 288 g/mol. The van der Waals surface area contributed by atoms with E-state index in [-0.39, 0.29) is 23.9 Å². The Morgan fingerprint density at radius 1 is 1.38 bits per heavy atom. The summed E-state index contributed by atoms with van der Waals surface area (Å²) >= 11 is 0. The lowest BCUT2D eigenvalue weighted by Crippen LogP contribution is -2.53. The normalized spacial score (nSPS) is 20.9. The molecule has 118 valence electrons. The first-order valence-corrected chi connectivity index (χ1v) is 7.16. The van der Waals surface area contributed by atoms with E-state index in [0.717, 1.165) is 30.5 Å². The Morgan fingerprint density at radius 3 is 2.71 bits per heavy atom. The van der Waals surface area contributed by atoms with Crippen molar-refractivity contribution in [3.8, 4) is 0 Å². The second-order valence-electron chi connectivity index (χ2n) is 5.73. The minimum absolute atomic E-state index is 0. The minimum atomic E-state index is -0.107. The summed E-state index contributed by atoms with van der Waals surface area (Å²) in [7, 11) is 1.70. The zero-order valence-electron chi connectivity index (χ0n) is 13.0. The smallest absolute Gasteiger partial charge is 0.251 e. The molecule has 1 heterocycles. The molecule has 1 amide bonds. The van der Waals surface area contributed by atoms with Crippen LogP contribution in [0.25, 0.3) is 0 Å². The third-order valence-electron chi connectivity index (χ3n) is 4.11. The number of halogens is 1. The zero-order valence-corrected chi connectivity index (χ0v) is 13.8. The fraction of sp³-hybridized carbons (Fsp3) is 0.562. The van der Waals surface area contributed by atoms with E-state index < -0.39 is 0 Å². The van der Waals surface area contributed by atoms with E-state index in [9.17, 15) is 4.79 Å². The highest BCUT2D eigenvalue weighted by molar-refractivity contribution is 5.94. The van der Waals surface area contributed by atoms with Crippen molar-refractivity contribution in [2.24, 2.45) is 0 Å². The molecule has 5 heteroatoms. The number of carbonyl (C=O) groups excluding carboxylic acids is 1. The van der Waals surface area contributed by atoms with Crippen molar-refractivity contribution >= 4 is 18.3 Å². The number of methoxy groups -OCH3 is 1. The van der Waals surface area contributed by atoms with Crippen LogP contribution in [0.3, 0.4) is 0 Å². The zero-order chi connectivity index (χ0) is 14.6. The third kappa shape index (κ3) is 4.43. The van der Waals surface area contributed by atoms with Crippen molar-refractivity contribution in [2.75, 3.05) is 26.8 Å². The third-order valence-corrected chi connectivity index (χ3v) is 4.11. The van der Waals surface area contributed by atoms with Gasteiger partial charge in [0.05, 0.1) is 12.1 Å². The van der Waals surface area contributed by atoms with E-state index in [0.29, 0.717) is 13.2 Å². The molecule has 0 spiro atoms. The molecule has 1 aliphatic heterocycles. The van der Waals surface area contributed by atoms with Gasteiger partial charge in [-0.2, -0.15) is 0 Å². The number of nitrogens with one attached hydrogen (secondary N) is 2. The Kier molecular flexibility index (Phi) is 6.65. The molecule has 21 heavy (non-hydrogen) atoms. The summed E-state index contributed by atoms with van der Waals surface area (Å²) in [6, 6.07) is 5.81. The summed E-state index contributed by atoms with van der Waals surface area (Å²) in [6.45, 7) is 6.29. The van der Waals surface area contributed by atoms with Gasteiger partial charge in [0.15, 0.2) is 0 Å². The predicted octanol–water partition coefficient (Wildman–Crippen LogP) is 2.22.